The van der Waals surface area contributed by atoms with Crippen LogP contribution in [0.15, 0.2) is 134 Å². The lowest BCUT2D eigenvalue weighted by molar-refractivity contribution is -0.333. The second-order valence-electron chi connectivity index (χ2n) is 33.9. The maximum atomic E-state index is 16.6. The van der Waals surface area contributed by atoms with E-state index in [0.717, 1.165) is 37.5 Å². The first-order valence-corrected chi connectivity index (χ1v) is 43.4. The molecule has 4 unspecified atom stereocenters. The first kappa shape index (κ1) is 94.1. The van der Waals surface area contributed by atoms with Crippen molar-refractivity contribution < 1.29 is 131 Å². The number of nitrogens with one attached hydrogen (secondary N) is 9. The molecule has 14 rings (SSSR count). The van der Waals surface area contributed by atoms with Gasteiger partial charge in [-0.15, -0.1) is 11.6 Å². The van der Waals surface area contributed by atoms with Crippen LogP contribution in [0.5, 0.6) is 23.0 Å². The molecule has 23 N–H and O–H groups in total. The van der Waals surface area contributed by atoms with Gasteiger partial charge in [-0.3, -0.25) is 33.6 Å². The number of halogens is 1. The summed E-state index contributed by atoms with van der Waals surface area (Å²) in [5.41, 5.74) is 9.61. The number of amides is 7. The molecular weight excluding hydrogens is 1660 g/mol. The van der Waals surface area contributed by atoms with E-state index in [2.05, 4.69) is 47.3 Å². The Morgan fingerprint density at radius 3 is 2.17 bits per heavy atom. The zero-order valence-corrected chi connectivity index (χ0v) is 71.4. The molecule has 11 bridgehead atoms. The van der Waals surface area contributed by atoms with Crippen LogP contribution in [0.1, 0.15) is 118 Å². The number of likely N-dealkylation sites (N-methyl/N-ethyl adjacent to an activating group) is 1. The average Bonchev–Trinajstić information content (AvgIpc) is 1.54. The number of benzene rings is 2. The summed E-state index contributed by atoms with van der Waals surface area (Å²) in [4.78, 5) is 121. The molecule has 2 aromatic carbocycles. The fourth-order valence-electron chi connectivity index (χ4n) is 17.5. The summed E-state index contributed by atoms with van der Waals surface area (Å²) in [6.45, 7) is 12.2. The topological polar surface area (TPSA) is 598 Å². The number of allylic oxidation sites excluding steroid dienone is 8. The van der Waals surface area contributed by atoms with E-state index in [1.54, 1.807) is 13.8 Å². The number of carboxylic acids is 1. The Morgan fingerprint density at radius 2 is 1.51 bits per heavy atom. The molecule has 24 atom stereocenters. The van der Waals surface area contributed by atoms with Crippen molar-refractivity contribution in [3.63, 3.8) is 0 Å². The zero-order valence-electron chi connectivity index (χ0n) is 69.8. The Morgan fingerprint density at radius 1 is 0.815 bits per heavy atom. The van der Waals surface area contributed by atoms with Crippen LogP contribution in [-0.2, 0) is 62.6 Å². The number of aliphatic carboxylic acids is 1. The van der Waals surface area contributed by atoms with Crippen LogP contribution in [0.25, 0.3) is 0 Å². The molecule has 7 amide bonds. The Bertz CT molecular complexity index is 4840. The van der Waals surface area contributed by atoms with Crippen LogP contribution in [0.2, 0.25) is 0 Å². The molecule has 0 saturated carbocycles. The monoisotopic (exact) mass is 1770 g/mol. The van der Waals surface area contributed by atoms with Gasteiger partial charge in [-0.25, -0.2) is 17.9 Å². The van der Waals surface area contributed by atoms with E-state index in [1.807, 2.05) is 20.8 Å². The molecule has 5 aliphatic carbocycles. The number of carboxylic acid groups (broad SMARTS) is 1. The Balaban J connectivity index is 1.02. The second-order valence-corrected chi connectivity index (χ2v) is 36.1. The molecular formula is C84H112ClN11O27S. The molecule has 7 heterocycles. The Labute approximate surface area is 720 Å². The lowest BCUT2D eigenvalue weighted by Crippen LogP contribution is -2.64. The number of ether oxygens (including phenoxy) is 7. The molecule has 7 aliphatic heterocycles. The minimum absolute atomic E-state index is 0.0635. The summed E-state index contributed by atoms with van der Waals surface area (Å²) in [6, 6.07) is -5.98. The van der Waals surface area contributed by atoms with Gasteiger partial charge in [-0.1, -0.05) is 71.8 Å². The molecule has 0 radical (unpaired) electrons. The molecule has 0 aromatic heterocycles. The molecule has 3 fully saturated rings. The quantitative estimate of drug-likeness (QED) is 0.0291. The number of carbonyl (C=O) groups is 8. The average molecular weight is 1780 g/mol. The molecule has 3 saturated heterocycles. The van der Waals surface area contributed by atoms with Crippen molar-refractivity contribution in [2.75, 3.05) is 39.9 Å². The molecule has 0 spiro atoms. The van der Waals surface area contributed by atoms with Crippen molar-refractivity contribution in [1.29, 1.82) is 0 Å². The normalized spacial score (nSPS) is 33.4. The van der Waals surface area contributed by atoms with E-state index in [9.17, 15) is 73.9 Å². The summed E-state index contributed by atoms with van der Waals surface area (Å²) in [7, 11) is -2.62. The lowest BCUT2D eigenvalue weighted by Gasteiger charge is -2.47. The molecule has 678 valence electrons. The molecule has 40 heteroatoms. The van der Waals surface area contributed by atoms with Crippen LogP contribution in [-0.4, -0.2) is 267 Å². The van der Waals surface area contributed by atoms with Gasteiger partial charge in [0.2, 0.25) is 69.2 Å². The van der Waals surface area contributed by atoms with Gasteiger partial charge in [-0.05, 0) is 146 Å². The molecule has 124 heavy (non-hydrogen) atoms. The Hall–Kier alpha value is -9.08. The van der Waals surface area contributed by atoms with Crippen molar-refractivity contribution in [3.05, 3.63) is 135 Å². The third kappa shape index (κ3) is 19.9. The third-order valence-electron chi connectivity index (χ3n) is 24.3. The summed E-state index contributed by atoms with van der Waals surface area (Å²) in [5.74, 6) is -19.8. The maximum absolute atomic E-state index is 16.6. The Kier molecular flexibility index (Phi) is 29.3. The standard InChI is InChI=1S/C84H112ClN11O27S/c1-10-11-12-23-117-42-14-16-43(17-15-42)124(115,116)90-22-21-89-33-48-52(98)30-47-60-46-27-40(13-19-49(46)84(113,114)61(48)60)63-77(107)96-66(80(110)94-65(47)81(111)112)68(100)44-18-20-53(62(85)38(44)6)119-55-28-41-29-56(72(55)123-82-73(71(103)70(102)57(34-97)121-82)122-59-32-83(8,87)74(104)39(7)118-59)120-54-26-36(4)45(25-37(54)5)69(101)67(95-75(105)50(88-9)24-35(2)3)79(109)91-51(31-58(86)99)76(106)92-64(41)78(108)93-63/h13-20,25,28-30,35-36,38-39,46,48,50-52,57,59,62-71,73-74,82,88-90,97-98,100-104,113-114H,10-12,21-24,26-27,31-34,87H2,1-9H3,(H2,86,99)(H,91,109)(H,92,106)(H,93,108)(H,94,110)(H,95,105)(H,96,107)(H,111,112)/t36?,38?,39-,46?,48?,50+,51-,52-,57+,59-,62-,63+,64+,65-,66-,67+,68+,69+,70+,71-,73+,74+,82-,83-/m0/s1. The third-order valence-corrected chi connectivity index (χ3v) is 26.4. The van der Waals surface area contributed by atoms with Gasteiger partial charge in [0.15, 0.2) is 29.9 Å². The van der Waals surface area contributed by atoms with E-state index in [-0.39, 0.29) is 106 Å². The van der Waals surface area contributed by atoms with Crippen molar-refractivity contribution in [1.82, 2.24) is 47.3 Å². The largest absolute Gasteiger partial charge is 0.494 e. The lowest BCUT2D eigenvalue weighted by atomic mass is 9.75. The maximum Gasteiger partial charge on any atom is 0.330 e. The summed E-state index contributed by atoms with van der Waals surface area (Å²) in [5, 5.41) is 140. The number of sulfonamides is 1. The molecule has 2 aromatic rings. The predicted molar refractivity (Wildman–Crippen MR) is 440 cm³/mol. The predicted octanol–water partition coefficient (Wildman–Crippen LogP) is -1.98. The van der Waals surface area contributed by atoms with Crippen molar-refractivity contribution in [3.8, 4) is 23.0 Å². The second kappa shape index (κ2) is 38.6. The van der Waals surface area contributed by atoms with E-state index in [0.29, 0.717) is 12.4 Å². The van der Waals surface area contributed by atoms with Crippen molar-refractivity contribution in [2.24, 2.45) is 41.1 Å². The van der Waals surface area contributed by atoms with Gasteiger partial charge in [0.25, 0.3) is 0 Å². The highest BCUT2D eigenvalue weighted by molar-refractivity contribution is 7.89. The zero-order chi connectivity index (χ0) is 90.2. The van der Waals surface area contributed by atoms with Crippen molar-refractivity contribution >= 4 is 68.9 Å². The highest BCUT2D eigenvalue weighted by Gasteiger charge is 2.58. The van der Waals surface area contributed by atoms with E-state index >= 15 is 24.0 Å². The number of nitrogens with two attached hydrogens (primary N) is 2. The number of hydrogen-bond acceptors (Lipinski definition) is 29. The van der Waals surface area contributed by atoms with E-state index in [4.69, 9.17) is 56.2 Å². The fourth-order valence-corrected chi connectivity index (χ4v) is 18.8. The van der Waals surface area contributed by atoms with Crippen LogP contribution >= 0.6 is 11.6 Å². The summed E-state index contributed by atoms with van der Waals surface area (Å²) >= 11 is 7.49. The molecule has 12 aliphatic rings. The highest BCUT2D eigenvalue weighted by Crippen LogP contribution is 2.56. The number of rotatable bonds is 25. The fraction of sp³-hybridized carbons (Fsp3) is 0.571. The van der Waals surface area contributed by atoms with Gasteiger partial charge in [0.05, 0.1) is 54.3 Å². The van der Waals surface area contributed by atoms with Crippen molar-refractivity contribution in [2.45, 2.75) is 238 Å². The SMILES string of the molecule is CCCCCOc1ccc(S(=O)(=O)NCCNCC2C3=C4C(=C[C@@H]2O)[C@@H](C(=O)O)NC(=O)[C@H]2NC(=O)[C@H](NC(=O)[C@@H]5NC(=O)[C@H](CC(N)=O)NC(=O)[C@H](NC(=O)[C@@H](CC(C)C)NC)[C@H](O)C6=CC(C)=C(CC6C)Oc6cc5cc(c6O[C@@H]5O[C@H](CO)[C@@H](O)[C@H](O)[C@H]5O[C@H]5C[C@](C)(N)[C@H](O)[C@H](C)O5)OC5=CC=C(C(C)[C@@H]5Cl)[C@H]2O)C2=CC=C(C4C2)C3(O)O)cc1. The number of primary amides is 1. The first-order chi connectivity index (χ1) is 58.6. The minimum Gasteiger partial charge on any atom is -0.494 e. The number of carbonyl (C=O) groups excluding carboxylic acids is 7. The smallest absolute Gasteiger partial charge is 0.330 e. The van der Waals surface area contributed by atoms with Gasteiger partial charge in [0, 0.05) is 66.9 Å². The first-order valence-electron chi connectivity index (χ1n) is 41.5. The summed E-state index contributed by atoms with van der Waals surface area (Å²) < 4.78 is 74.9. The molecule has 38 nitrogen and oxygen atoms in total. The van der Waals surface area contributed by atoms with Crippen LogP contribution in [0, 0.1) is 29.6 Å². The van der Waals surface area contributed by atoms with Gasteiger partial charge in [-0.2, -0.15) is 0 Å². The number of alkyl halides is 1. The number of aliphatic hydroxyl groups excluding tert-OH is 7. The minimum atomic E-state index is -4.13. The van der Waals surface area contributed by atoms with Crippen LogP contribution in [0.3, 0.4) is 0 Å². The van der Waals surface area contributed by atoms with Crippen LogP contribution < -0.4 is 77.7 Å². The number of hydrogen-bond donors (Lipinski definition) is 21. The summed E-state index contributed by atoms with van der Waals surface area (Å²) in [6.07, 6.45) is -10.6. The van der Waals surface area contributed by atoms with Gasteiger partial charge in [0.1, 0.15) is 78.0 Å². The van der Waals surface area contributed by atoms with Gasteiger partial charge < -0.3 is 138 Å². The highest BCUT2D eigenvalue weighted by atomic mass is 35.5. The van der Waals surface area contributed by atoms with E-state index in [1.165, 1.54) is 82.5 Å². The van der Waals surface area contributed by atoms with Gasteiger partial charge >= 0.3 is 5.97 Å². The number of aliphatic hydroxyl groups is 9. The van der Waals surface area contributed by atoms with Crippen LogP contribution in [0.4, 0.5) is 0 Å². The van der Waals surface area contributed by atoms with E-state index < -0.39 is 250 Å². The number of fused-ring (bicyclic) bond motifs is 12. The number of unbranched alkanes of at least 4 members (excludes halogenated alkanes) is 2.